The molecule has 0 fully saturated rings. The van der Waals surface area contributed by atoms with Crippen molar-refractivity contribution in [3.8, 4) is 0 Å². The summed E-state index contributed by atoms with van der Waals surface area (Å²) < 4.78 is 18.8. The van der Waals surface area contributed by atoms with Gasteiger partial charge in [0, 0.05) is 25.4 Å². The van der Waals surface area contributed by atoms with E-state index in [1.807, 2.05) is 18.7 Å². The molecule has 0 aromatic heterocycles. The number of halogens is 1. The summed E-state index contributed by atoms with van der Waals surface area (Å²) in [5.41, 5.74) is 0.360. The smallest absolute Gasteiger partial charge is 0.338 e. The molecule has 0 saturated carbocycles. The fraction of sp³-hybridized carbons (Fsp3) is 0.462. The van der Waals surface area contributed by atoms with E-state index in [2.05, 4.69) is 0 Å². The Labute approximate surface area is 106 Å². The summed E-state index contributed by atoms with van der Waals surface area (Å²) in [5.74, 6) is -1.97. The van der Waals surface area contributed by atoms with E-state index >= 15 is 0 Å². The van der Waals surface area contributed by atoms with E-state index in [1.165, 1.54) is 12.1 Å². The molecule has 0 aliphatic heterocycles. The second-order valence-electron chi connectivity index (χ2n) is 3.75. The van der Waals surface area contributed by atoms with Gasteiger partial charge in [-0.1, -0.05) is 0 Å². The van der Waals surface area contributed by atoms with Gasteiger partial charge in [0.1, 0.15) is 5.82 Å². The number of hydrogen-bond acceptors (Lipinski definition) is 3. The molecule has 1 rings (SSSR count). The molecule has 0 amide bonds. The van der Waals surface area contributed by atoms with Gasteiger partial charge in [-0.3, -0.25) is 0 Å². The normalized spacial score (nSPS) is 10.4. The second kappa shape index (κ2) is 6.96. The standard InChI is InChI=1S/C13H18FNO3/c1-3-15(7-8-18-4-2)10-5-6-11(13(16)17)12(14)9-10/h5-6,9H,3-4,7-8H2,1-2H3,(H,16,17). The molecule has 1 aromatic rings. The van der Waals surface area contributed by atoms with Gasteiger partial charge >= 0.3 is 5.97 Å². The Hall–Kier alpha value is -1.62. The molecule has 1 N–H and O–H groups in total. The quantitative estimate of drug-likeness (QED) is 0.760. The van der Waals surface area contributed by atoms with E-state index < -0.39 is 11.8 Å². The predicted molar refractivity (Wildman–Crippen MR) is 67.7 cm³/mol. The monoisotopic (exact) mass is 255 g/mol. The van der Waals surface area contributed by atoms with E-state index in [4.69, 9.17) is 9.84 Å². The van der Waals surface area contributed by atoms with Crippen LogP contribution in [0.4, 0.5) is 10.1 Å². The number of carbonyl (C=O) groups is 1. The molecule has 0 aliphatic rings. The Kier molecular flexibility index (Phi) is 5.58. The summed E-state index contributed by atoms with van der Waals surface area (Å²) in [6, 6.07) is 4.15. The average molecular weight is 255 g/mol. The first-order chi connectivity index (χ1) is 8.60. The molecule has 0 saturated heterocycles. The number of carboxylic acids is 1. The summed E-state index contributed by atoms with van der Waals surface area (Å²) in [7, 11) is 0. The van der Waals surface area contributed by atoms with Crippen molar-refractivity contribution in [2.24, 2.45) is 0 Å². The highest BCUT2D eigenvalue weighted by molar-refractivity contribution is 5.88. The Bertz CT molecular complexity index is 409. The van der Waals surface area contributed by atoms with Crippen molar-refractivity contribution in [3.05, 3.63) is 29.6 Å². The molecular formula is C13H18FNO3. The third-order valence-corrected chi connectivity index (χ3v) is 2.64. The minimum atomic E-state index is -1.25. The first-order valence-electron chi connectivity index (χ1n) is 5.95. The Morgan fingerprint density at radius 2 is 2.17 bits per heavy atom. The molecule has 0 bridgehead atoms. The molecule has 1 aromatic carbocycles. The van der Waals surface area contributed by atoms with Gasteiger partial charge in [-0.15, -0.1) is 0 Å². The van der Waals surface area contributed by atoms with Gasteiger partial charge in [-0.25, -0.2) is 9.18 Å². The van der Waals surface area contributed by atoms with Gasteiger partial charge in [-0.2, -0.15) is 0 Å². The zero-order chi connectivity index (χ0) is 13.5. The number of carboxylic acid groups (broad SMARTS) is 1. The molecular weight excluding hydrogens is 237 g/mol. The van der Waals surface area contributed by atoms with Crippen molar-refractivity contribution >= 4 is 11.7 Å². The largest absolute Gasteiger partial charge is 0.478 e. The van der Waals surface area contributed by atoms with Crippen LogP contribution in [0.3, 0.4) is 0 Å². The van der Waals surface area contributed by atoms with Gasteiger partial charge < -0.3 is 14.7 Å². The van der Waals surface area contributed by atoms with Crippen molar-refractivity contribution in [1.29, 1.82) is 0 Å². The summed E-state index contributed by atoms with van der Waals surface area (Å²) in [6.07, 6.45) is 0. The van der Waals surface area contributed by atoms with E-state index in [9.17, 15) is 9.18 Å². The molecule has 100 valence electrons. The van der Waals surface area contributed by atoms with Crippen molar-refractivity contribution in [3.63, 3.8) is 0 Å². The first kappa shape index (κ1) is 14.4. The van der Waals surface area contributed by atoms with E-state index in [0.29, 0.717) is 32.0 Å². The van der Waals surface area contributed by atoms with Gasteiger partial charge in [0.05, 0.1) is 12.2 Å². The van der Waals surface area contributed by atoms with E-state index in [1.54, 1.807) is 6.07 Å². The molecule has 0 atom stereocenters. The molecule has 0 radical (unpaired) electrons. The lowest BCUT2D eigenvalue weighted by molar-refractivity contribution is 0.0692. The highest BCUT2D eigenvalue weighted by Crippen LogP contribution is 2.18. The van der Waals surface area contributed by atoms with E-state index in [-0.39, 0.29) is 5.56 Å². The second-order valence-corrected chi connectivity index (χ2v) is 3.75. The predicted octanol–water partition coefficient (Wildman–Crippen LogP) is 2.39. The minimum Gasteiger partial charge on any atom is -0.478 e. The van der Waals surface area contributed by atoms with Crippen LogP contribution < -0.4 is 4.90 Å². The lowest BCUT2D eigenvalue weighted by atomic mass is 10.2. The Morgan fingerprint density at radius 3 is 2.67 bits per heavy atom. The zero-order valence-corrected chi connectivity index (χ0v) is 10.6. The van der Waals surface area contributed by atoms with E-state index in [0.717, 1.165) is 0 Å². The third kappa shape index (κ3) is 3.70. The maximum Gasteiger partial charge on any atom is 0.338 e. The summed E-state index contributed by atoms with van der Waals surface area (Å²) in [5, 5.41) is 8.75. The molecule has 0 heterocycles. The SMILES string of the molecule is CCOCCN(CC)c1ccc(C(=O)O)c(F)c1. The van der Waals surface area contributed by atoms with Crippen molar-refractivity contribution in [2.75, 3.05) is 31.2 Å². The minimum absolute atomic E-state index is 0.306. The van der Waals surface area contributed by atoms with Crippen LogP contribution in [0.5, 0.6) is 0 Å². The van der Waals surface area contributed by atoms with Crippen LogP contribution in [-0.2, 0) is 4.74 Å². The molecule has 4 nitrogen and oxygen atoms in total. The summed E-state index contributed by atoms with van der Waals surface area (Å²) in [4.78, 5) is 12.6. The molecule has 0 spiro atoms. The van der Waals surface area contributed by atoms with Crippen molar-refractivity contribution in [1.82, 2.24) is 0 Å². The fourth-order valence-corrected chi connectivity index (χ4v) is 1.66. The summed E-state index contributed by atoms with van der Waals surface area (Å²) >= 11 is 0. The van der Waals surface area contributed by atoms with Crippen LogP contribution in [-0.4, -0.2) is 37.4 Å². The number of ether oxygens (including phenoxy) is 1. The zero-order valence-electron chi connectivity index (χ0n) is 10.6. The van der Waals surface area contributed by atoms with Crippen molar-refractivity contribution < 1.29 is 19.0 Å². The van der Waals surface area contributed by atoms with Crippen LogP contribution in [0.25, 0.3) is 0 Å². The van der Waals surface area contributed by atoms with Crippen LogP contribution in [0.1, 0.15) is 24.2 Å². The van der Waals surface area contributed by atoms with Gasteiger partial charge in [0.2, 0.25) is 0 Å². The van der Waals surface area contributed by atoms with Gasteiger partial charge in [0.25, 0.3) is 0 Å². The van der Waals surface area contributed by atoms with Crippen LogP contribution in [0.15, 0.2) is 18.2 Å². The molecule has 0 aliphatic carbocycles. The number of likely N-dealkylation sites (N-methyl/N-ethyl adjacent to an activating group) is 1. The number of rotatable bonds is 7. The number of aromatic carboxylic acids is 1. The molecule has 18 heavy (non-hydrogen) atoms. The Balaban J connectivity index is 2.80. The number of anilines is 1. The molecule has 5 heteroatoms. The van der Waals surface area contributed by atoms with Crippen LogP contribution in [0.2, 0.25) is 0 Å². The van der Waals surface area contributed by atoms with Crippen LogP contribution in [0, 0.1) is 5.82 Å². The average Bonchev–Trinajstić information content (AvgIpc) is 2.34. The first-order valence-corrected chi connectivity index (χ1v) is 5.95. The van der Waals surface area contributed by atoms with Crippen molar-refractivity contribution in [2.45, 2.75) is 13.8 Å². The summed E-state index contributed by atoms with van der Waals surface area (Å²) in [6.45, 7) is 6.43. The highest BCUT2D eigenvalue weighted by atomic mass is 19.1. The maximum absolute atomic E-state index is 13.5. The number of nitrogens with zero attached hydrogens (tertiary/aromatic N) is 1. The lowest BCUT2D eigenvalue weighted by Crippen LogP contribution is -2.27. The van der Waals surface area contributed by atoms with Crippen LogP contribution >= 0.6 is 0 Å². The number of benzene rings is 1. The van der Waals surface area contributed by atoms with Gasteiger partial charge in [0.15, 0.2) is 0 Å². The van der Waals surface area contributed by atoms with Gasteiger partial charge in [-0.05, 0) is 32.0 Å². The molecule has 0 unspecified atom stereocenters. The maximum atomic E-state index is 13.5. The third-order valence-electron chi connectivity index (χ3n) is 2.64. The number of hydrogen-bond donors (Lipinski definition) is 1. The Morgan fingerprint density at radius 1 is 1.44 bits per heavy atom. The lowest BCUT2D eigenvalue weighted by Gasteiger charge is -2.23. The topological polar surface area (TPSA) is 49.8 Å². The fourth-order valence-electron chi connectivity index (χ4n) is 1.66. The highest BCUT2D eigenvalue weighted by Gasteiger charge is 2.12.